The Kier molecular flexibility index (Phi) is 8.81. The molecule has 0 radical (unpaired) electrons. The van der Waals surface area contributed by atoms with Crippen molar-refractivity contribution in [1.29, 1.82) is 0 Å². The van der Waals surface area contributed by atoms with Crippen molar-refractivity contribution in [3.05, 3.63) is 254 Å². The fourth-order valence-electron chi connectivity index (χ4n) is 13.9. The molecular formula is C78H40N2. The SMILES string of the molecule is C(C#Cc1c(-c2cc3ccc4cccc5ccc(c2)c3c45)cncc1-c1cc2ccc3cccc4ccc(c1)c2c34)#Cc1c(-c2cc3ccc4cccc5ccc(c2)c3c45)cncc1-c1cc2ccc3cccc4ccc(c1)c2c34. The molecule has 0 unspecified atom stereocenters. The fourth-order valence-corrected chi connectivity index (χ4v) is 13.9. The van der Waals surface area contributed by atoms with Gasteiger partial charge in [0.1, 0.15) is 0 Å². The van der Waals surface area contributed by atoms with Crippen molar-refractivity contribution in [3.8, 4) is 68.2 Å². The van der Waals surface area contributed by atoms with Gasteiger partial charge in [0.15, 0.2) is 0 Å². The minimum absolute atomic E-state index is 0.879. The lowest BCUT2D eigenvalue weighted by molar-refractivity contribution is 1.32. The number of rotatable bonds is 4. The molecule has 2 aromatic heterocycles. The van der Waals surface area contributed by atoms with E-state index in [2.05, 4.69) is 242 Å². The summed E-state index contributed by atoms with van der Waals surface area (Å²) in [6.45, 7) is 0. The van der Waals surface area contributed by atoms with Crippen LogP contribution in [0.2, 0.25) is 0 Å². The summed E-state index contributed by atoms with van der Waals surface area (Å²) in [5, 5.41) is 29.7. The van der Waals surface area contributed by atoms with Crippen LogP contribution in [0.15, 0.2) is 243 Å². The maximum Gasteiger partial charge on any atom is 0.0443 e. The topological polar surface area (TPSA) is 25.8 Å². The van der Waals surface area contributed by atoms with Gasteiger partial charge in [0, 0.05) is 58.2 Å². The van der Waals surface area contributed by atoms with Crippen molar-refractivity contribution in [2.45, 2.75) is 0 Å². The normalized spacial score (nSPS) is 12.1. The molecule has 0 aliphatic carbocycles. The second kappa shape index (κ2) is 16.3. The lowest BCUT2D eigenvalue weighted by atomic mass is 9.88. The lowest BCUT2D eigenvalue weighted by Gasteiger charge is -2.16. The van der Waals surface area contributed by atoms with Crippen molar-refractivity contribution in [3.63, 3.8) is 0 Å². The molecule has 0 saturated heterocycles. The van der Waals surface area contributed by atoms with E-state index < -0.39 is 0 Å². The Labute approximate surface area is 459 Å². The molecule has 2 heterocycles. The van der Waals surface area contributed by atoms with Crippen LogP contribution >= 0.6 is 0 Å². The van der Waals surface area contributed by atoms with Crippen LogP contribution in [0.25, 0.3) is 174 Å². The minimum atomic E-state index is 0.879. The average Bonchev–Trinajstić information content (AvgIpc) is 3.55. The monoisotopic (exact) mass is 1000 g/mol. The Bertz CT molecular complexity index is 4850. The number of nitrogens with zero attached hydrogens (tertiary/aromatic N) is 2. The van der Waals surface area contributed by atoms with Crippen LogP contribution in [0.1, 0.15) is 11.1 Å². The zero-order chi connectivity index (χ0) is 52.2. The van der Waals surface area contributed by atoms with E-state index >= 15 is 0 Å². The molecule has 16 aromatic carbocycles. The quantitative estimate of drug-likeness (QED) is 0.130. The van der Waals surface area contributed by atoms with Gasteiger partial charge in [0.05, 0.1) is 0 Å². The maximum atomic E-state index is 5.01. The fraction of sp³-hybridized carbons (Fsp3) is 0. The Morgan fingerprint density at radius 2 is 0.375 bits per heavy atom. The summed E-state index contributed by atoms with van der Waals surface area (Å²) >= 11 is 0. The standard InChI is InChI=1S/C78H40N2/c1(15-65-67(61-33-53-25-17-45-7-3-8-46-18-26-54(34-61)75(53)71(45)46)41-79-42-68(65)62-35-55-27-19-47-9-4-10-48-20-28-56(36-62)76(55)72(47)48)2-16-66-69(63-37-57-29-21-49-11-5-12-50-22-30-58(38-63)77(57)73(49)50)43-80-44-70(66)64-39-59-31-23-51-13-6-14-52-24-32-60(40-64)78(59)74(51)52/h3-14,17-44H. The van der Waals surface area contributed by atoms with Gasteiger partial charge >= 0.3 is 0 Å². The van der Waals surface area contributed by atoms with Crippen LogP contribution in [0, 0.1) is 23.7 Å². The van der Waals surface area contributed by atoms with Gasteiger partial charge in [0.25, 0.3) is 0 Å². The number of aromatic nitrogens is 2. The lowest BCUT2D eigenvalue weighted by Crippen LogP contribution is -1.95. The van der Waals surface area contributed by atoms with E-state index in [0.29, 0.717) is 0 Å². The van der Waals surface area contributed by atoms with E-state index in [1.807, 2.05) is 24.8 Å². The van der Waals surface area contributed by atoms with Crippen molar-refractivity contribution < 1.29 is 0 Å². The summed E-state index contributed by atoms with van der Waals surface area (Å²) in [7, 11) is 0. The predicted molar refractivity (Wildman–Crippen MR) is 339 cm³/mol. The van der Waals surface area contributed by atoms with Gasteiger partial charge < -0.3 is 0 Å². The second-order valence-electron chi connectivity index (χ2n) is 21.8. The van der Waals surface area contributed by atoms with E-state index in [-0.39, 0.29) is 0 Å². The van der Waals surface area contributed by atoms with E-state index in [0.717, 1.165) is 55.6 Å². The molecule has 0 atom stereocenters. The van der Waals surface area contributed by atoms with Gasteiger partial charge in [0.2, 0.25) is 0 Å². The minimum Gasteiger partial charge on any atom is -0.263 e. The largest absolute Gasteiger partial charge is 0.263 e. The third-order valence-corrected chi connectivity index (χ3v) is 17.4. The molecule has 0 N–H and O–H groups in total. The summed E-state index contributed by atoms with van der Waals surface area (Å²) in [4.78, 5) is 10.0. The van der Waals surface area contributed by atoms with Gasteiger partial charge in [-0.3, -0.25) is 9.97 Å². The summed E-state index contributed by atoms with van der Waals surface area (Å²) in [5.74, 6) is 14.4. The summed E-state index contributed by atoms with van der Waals surface area (Å²) < 4.78 is 0. The number of benzene rings is 16. The molecule has 18 rings (SSSR count). The first-order chi connectivity index (χ1) is 39.6. The smallest absolute Gasteiger partial charge is 0.0443 e. The highest BCUT2D eigenvalue weighted by Gasteiger charge is 2.20. The van der Waals surface area contributed by atoms with E-state index in [1.54, 1.807) is 0 Å². The third kappa shape index (κ3) is 6.28. The van der Waals surface area contributed by atoms with Crippen molar-refractivity contribution in [1.82, 2.24) is 9.97 Å². The van der Waals surface area contributed by atoms with Crippen LogP contribution in [-0.4, -0.2) is 9.97 Å². The molecule has 2 nitrogen and oxygen atoms in total. The van der Waals surface area contributed by atoms with Gasteiger partial charge in [-0.2, -0.15) is 0 Å². The molecule has 18 aromatic rings. The molecule has 0 amide bonds. The van der Waals surface area contributed by atoms with Crippen LogP contribution in [0.4, 0.5) is 0 Å². The van der Waals surface area contributed by atoms with Gasteiger partial charge in [-0.1, -0.05) is 182 Å². The van der Waals surface area contributed by atoms with Gasteiger partial charge in [-0.25, -0.2) is 0 Å². The first-order valence-corrected chi connectivity index (χ1v) is 27.3. The highest BCUT2D eigenvalue weighted by atomic mass is 14.6. The second-order valence-corrected chi connectivity index (χ2v) is 21.8. The van der Waals surface area contributed by atoms with Gasteiger partial charge in [-0.15, -0.1) is 0 Å². The van der Waals surface area contributed by atoms with E-state index in [9.17, 15) is 0 Å². The Morgan fingerprint density at radius 1 is 0.200 bits per heavy atom. The Morgan fingerprint density at radius 3 is 0.575 bits per heavy atom. The van der Waals surface area contributed by atoms with Crippen molar-refractivity contribution in [2.75, 3.05) is 0 Å². The molecule has 0 fully saturated rings. The Hall–Kier alpha value is -10.9. The zero-order valence-corrected chi connectivity index (χ0v) is 43.0. The van der Waals surface area contributed by atoms with Crippen LogP contribution in [0.5, 0.6) is 0 Å². The van der Waals surface area contributed by atoms with Crippen molar-refractivity contribution >= 4 is 129 Å². The zero-order valence-electron chi connectivity index (χ0n) is 43.0. The van der Waals surface area contributed by atoms with Crippen LogP contribution in [-0.2, 0) is 0 Å². The molecule has 0 aliphatic heterocycles. The first-order valence-electron chi connectivity index (χ1n) is 27.3. The highest BCUT2D eigenvalue weighted by Crippen LogP contribution is 2.45. The molecule has 0 saturated carbocycles. The molecule has 0 aliphatic rings. The summed E-state index contributed by atoms with van der Waals surface area (Å²) in [6.07, 6.45) is 7.93. The number of pyridine rings is 2. The van der Waals surface area contributed by atoms with Crippen LogP contribution in [0.3, 0.4) is 0 Å². The summed E-state index contributed by atoms with van der Waals surface area (Å²) in [6, 6.07) is 80.8. The molecule has 2 heteroatoms. The molecule has 80 heavy (non-hydrogen) atoms. The number of hydrogen-bond acceptors (Lipinski definition) is 2. The summed E-state index contributed by atoms with van der Waals surface area (Å²) in [5.41, 5.74) is 9.82. The van der Waals surface area contributed by atoms with E-state index in [4.69, 9.17) is 9.97 Å². The first kappa shape index (κ1) is 43.2. The molecule has 0 spiro atoms. The van der Waals surface area contributed by atoms with E-state index in [1.165, 1.54) is 129 Å². The Balaban J connectivity index is 0.861. The molecular weight excluding hydrogens is 965 g/mol. The number of hydrogen-bond donors (Lipinski definition) is 0. The van der Waals surface area contributed by atoms with Gasteiger partial charge in [-0.05, 0) is 212 Å². The highest BCUT2D eigenvalue weighted by molar-refractivity contribution is 6.27. The molecule has 0 bridgehead atoms. The third-order valence-electron chi connectivity index (χ3n) is 17.4. The van der Waals surface area contributed by atoms with Crippen molar-refractivity contribution in [2.24, 2.45) is 0 Å². The van der Waals surface area contributed by atoms with Crippen LogP contribution < -0.4 is 0 Å². The average molecular weight is 1010 g/mol. The maximum absolute atomic E-state index is 5.01. The molecule has 362 valence electrons. The predicted octanol–water partition coefficient (Wildman–Crippen LogP) is 20.1.